The minimum Gasteiger partial charge on any atom is -0.359 e. The minimum absolute atomic E-state index is 0.00278. The van der Waals surface area contributed by atoms with Gasteiger partial charge in [-0.15, -0.1) is 0 Å². The van der Waals surface area contributed by atoms with Gasteiger partial charge in [-0.1, -0.05) is 11.6 Å². The van der Waals surface area contributed by atoms with Crippen molar-refractivity contribution in [1.29, 1.82) is 0 Å². The van der Waals surface area contributed by atoms with Crippen molar-refractivity contribution in [3.63, 3.8) is 0 Å². The molecule has 6 nitrogen and oxygen atoms in total. The molecule has 0 saturated heterocycles. The van der Waals surface area contributed by atoms with E-state index < -0.39 is 6.43 Å². The number of nitrogens with one attached hydrogen (secondary N) is 1. The fourth-order valence-electron chi connectivity index (χ4n) is 3.54. The van der Waals surface area contributed by atoms with E-state index >= 15 is 0 Å². The lowest BCUT2D eigenvalue weighted by atomic mass is 9.83. The molecule has 1 fully saturated rings. The summed E-state index contributed by atoms with van der Waals surface area (Å²) in [4.78, 5) is 16.8. The van der Waals surface area contributed by atoms with E-state index in [1.165, 1.54) is 12.5 Å². The molecule has 1 aliphatic rings. The summed E-state index contributed by atoms with van der Waals surface area (Å²) in [7, 11) is 0. The third-order valence-corrected chi connectivity index (χ3v) is 5.35. The van der Waals surface area contributed by atoms with Crippen LogP contribution in [0.1, 0.15) is 54.8 Å². The second kappa shape index (κ2) is 7.33. The third-order valence-electron chi connectivity index (χ3n) is 5.35. The third kappa shape index (κ3) is 3.63. The molecule has 148 valence electrons. The number of fused-ring (bicyclic) bond motifs is 1. The molecule has 1 saturated carbocycles. The molecule has 1 aliphatic carbocycles. The Kier molecular flexibility index (Phi) is 4.87. The van der Waals surface area contributed by atoms with Crippen molar-refractivity contribution in [1.82, 2.24) is 14.7 Å². The number of carbonyl (C=O) groups is 1. The minimum atomic E-state index is -2.66. The number of aromatic nitrogens is 3. The number of carbonyl (C=O) groups excluding carboxylic acids is 1. The van der Waals surface area contributed by atoms with Crippen molar-refractivity contribution in [3.05, 3.63) is 40.9 Å². The Hall–Kier alpha value is -2.77. The van der Waals surface area contributed by atoms with Crippen LogP contribution in [0.5, 0.6) is 0 Å². The van der Waals surface area contributed by atoms with Crippen LogP contribution < -0.4 is 5.32 Å². The molecule has 28 heavy (non-hydrogen) atoms. The molecule has 3 heterocycles. The van der Waals surface area contributed by atoms with E-state index in [9.17, 15) is 13.6 Å². The van der Waals surface area contributed by atoms with Crippen LogP contribution >= 0.6 is 0 Å². The van der Waals surface area contributed by atoms with E-state index in [1.807, 2.05) is 30.5 Å². The van der Waals surface area contributed by atoms with Crippen molar-refractivity contribution in [2.24, 2.45) is 5.92 Å². The number of nitrogens with zero attached hydrogens (tertiary/aromatic N) is 3. The van der Waals surface area contributed by atoms with E-state index in [0.717, 1.165) is 35.1 Å². The van der Waals surface area contributed by atoms with E-state index in [2.05, 4.69) is 15.5 Å². The summed E-state index contributed by atoms with van der Waals surface area (Å²) >= 11 is 0. The molecule has 8 heteroatoms. The molecule has 0 aliphatic heterocycles. The Morgan fingerprint density at radius 1 is 1.32 bits per heavy atom. The molecule has 3 aromatic rings. The molecule has 3 aromatic heterocycles. The van der Waals surface area contributed by atoms with Gasteiger partial charge >= 0.3 is 0 Å². The summed E-state index contributed by atoms with van der Waals surface area (Å²) in [6, 6.07) is 5.12. The average Bonchev–Trinajstić information content (AvgIpc) is 3.18. The number of hydrogen-bond acceptors (Lipinski definition) is 4. The maximum absolute atomic E-state index is 12.7. The molecule has 0 unspecified atom stereocenters. The standard InChI is InChI=1S/C20H22F2N4O2/c1-11-6-17-15(23-20(11)24-18(27)8-13-4-3-5-13)7-12(2)26(17)10-14-9-16(19(21)22)25-28-14/h6-7,9,13,19H,3-5,8,10H2,1-2H3,(H,23,24,27). The lowest BCUT2D eigenvalue weighted by molar-refractivity contribution is -0.117. The highest BCUT2D eigenvalue weighted by molar-refractivity contribution is 5.92. The van der Waals surface area contributed by atoms with E-state index in [4.69, 9.17) is 4.52 Å². The van der Waals surface area contributed by atoms with Crippen LogP contribution in [-0.2, 0) is 11.3 Å². The predicted molar refractivity (Wildman–Crippen MR) is 100 cm³/mol. The molecular formula is C20H22F2N4O2. The number of pyridine rings is 1. The molecule has 0 radical (unpaired) electrons. The molecule has 0 atom stereocenters. The average molecular weight is 388 g/mol. The van der Waals surface area contributed by atoms with Crippen LogP contribution in [0, 0.1) is 19.8 Å². The van der Waals surface area contributed by atoms with Gasteiger partial charge in [-0.2, -0.15) is 0 Å². The van der Waals surface area contributed by atoms with Gasteiger partial charge in [-0.25, -0.2) is 13.8 Å². The molecule has 0 aromatic carbocycles. The highest BCUT2D eigenvalue weighted by atomic mass is 19.3. The lowest BCUT2D eigenvalue weighted by Crippen LogP contribution is -2.21. The quantitative estimate of drug-likeness (QED) is 0.661. The normalized spacial score (nSPS) is 14.6. The van der Waals surface area contributed by atoms with Crippen molar-refractivity contribution < 1.29 is 18.1 Å². The first-order valence-corrected chi connectivity index (χ1v) is 9.41. The van der Waals surface area contributed by atoms with Crippen LogP contribution in [0.2, 0.25) is 0 Å². The zero-order valence-corrected chi connectivity index (χ0v) is 15.8. The van der Waals surface area contributed by atoms with Gasteiger partial charge in [0.05, 0.1) is 17.6 Å². The fraction of sp³-hybridized carbons (Fsp3) is 0.450. The van der Waals surface area contributed by atoms with Gasteiger partial charge in [0.1, 0.15) is 11.5 Å². The highest BCUT2D eigenvalue weighted by Crippen LogP contribution is 2.30. The molecule has 0 spiro atoms. The Labute approximate surface area is 160 Å². The topological polar surface area (TPSA) is 73.0 Å². The van der Waals surface area contributed by atoms with Crippen LogP contribution in [0.25, 0.3) is 11.0 Å². The van der Waals surface area contributed by atoms with Gasteiger partial charge in [0, 0.05) is 18.2 Å². The van der Waals surface area contributed by atoms with E-state index in [1.54, 1.807) is 0 Å². The molecule has 0 bridgehead atoms. The molecule has 1 amide bonds. The second-order valence-corrected chi connectivity index (χ2v) is 7.50. The molecule has 1 N–H and O–H groups in total. The summed E-state index contributed by atoms with van der Waals surface area (Å²) < 4.78 is 32.4. The monoisotopic (exact) mass is 388 g/mol. The molecular weight excluding hydrogens is 366 g/mol. The van der Waals surface area contributed by atoms with Crippen LogP contribution in [0.15, 0.2) is 22.7 Å². The maximum atomic E-state index is 12.7. The van der Waals surface area contributed by atoms with Crippen LogP contribution in [0.4, 0.5) is 14.6 Å². The molecule has 4 rings (SSSR count). The zero-order valence-electron chi connectivity index (χ0n) is 15.8. The van der Waals surface area contributed by atoms with Crippen LogP contribution in [0.3, 0.4) is 0 Å². The van der Waals surface area contributed by atoms with Gasteiger partial charge in [-0.05, 0) is 50.3 Å². The zero-order chi connectivity index (χ0) is 19.8. The first kappa shape index (κ1) is 18.6. The summed E-state index contributed by atoms with van der Waals surface area (Å²) in [5.41, 5.74) is 2.97. The summed E-state index contributed by atoms with van der Waals surface area (Å²) in [5, 5.41) is 6.33. The van der Waals surface area contributed by atoms with Crippen molar-refractivity contribution in [2.75, 3.05) is 5.32 Å². The second-order valence-electron chi connectivity index (χ2n) is 7.50. The predicted octanol–water partition coefficient (Wildman–Crippen LogP) is 4.76. The van der Waals surface area contributed by atoms with Gasteiger partial charge in [0.15, 0.2) is 5.76 Å². The summed E-state index contributed by atoms with van der Waals surface area (Å²) in [6.07, 6.45) is 1.33. The first-order chi connectivity index (χ1) is 13.4. The SMILES string of the molecule is Cc1cc2c(cc(C)n2Cc2cc(C(F)F)no2)nc1NC(=O)CC1CCC1. The fourth-order valence-corrected chi connectivity index (χ4v) is 3.54. The number of halogens is 2. The Morgan fingerprint density at radius 2 is 2.11 bits per heavy atom. The number of rotatable bonds is 6. The smallest absolute Gasteiger partial charge is 0.283 e. The van der Waals surface area contributed by atoms with Gasteiger partial charge in [0.25, 0.3) is 6.43 Å². The number of amides is 1. The van der Waals surface area contributed by atoms with Crippen molar-refractivity contribution in [2.45, 2.75) is 52.5 Å². The largest absolute Gasteiger partial charge is 0.359 e. The Balaban J connectivity index is 1.57. The van der Waals surface area contributed by atoms with Crippen molar-refractivity contribution >= 4 is 22.8 Å². The van der Waals surface area contributed by atoms with Gasteiger partial charge < -0.3 is 14.4 Å². The number of hydrogen-bond donors (Lipinski definition) is 1. The van der Waals surface area contributed by atoms with E-state index in [0.29, 0.717) is 23.9 Å². The Morgan fingerprint density at radius 3 is 2.75 bits per heavy atom. The van der Waals surface area contributed by atoms with Gasteiger partial charge in [0.2, 0.25) is 5.91 Å². The first-order valence-electron chi connectivity index (χ1n) is 9.41. The summed E-state index contributed by atoms with van der Waals surface area (Å²) in [5.74, 6) is 1.41. The number of anilines is 1. The Bertz CT molecular complexity index is 1020. The summed E-state index contributed by atoms with van der Waals surface area (Å²) in [6.45, 7) is 4.08. The maximum Gasteiger partial charge on any atom is 0.283 e. The lowest BCUT2D eigenvalue weighted by Gasteiger charge is -2.24. The van der Waals surface area contributed by atoms with Crippen LogP contribution in [-0.4, -0.2) is 20.6 Å². The van der Waals surface area contributed by atoms with Crippen molar-refractivity contribution in [3.8, 4) is 0 Å². The number of aryl methyl sites for hydroxylation is 2. The highest BCUT2D eigenvalue weighted by Gasteiger charge is 2.21. The van der Waals surface area contributed by atoms with Gasteiger partial charge in [-0.3, -0.25) is 4.79 Å². The van der Waals surface area contributed by atoms with E-state index in [-0.39, 0.29) is 18.1 Å². The number of alkyl halides is 2.